The van der Waals surface area contributed by atoms with Crippen molar-refractivity contribution in [3.05, 3.63) is 41.0 Å². The van der Waals surface area contributed by atoms with Crippen LogP contribution in [-0.4, -0.2) is 16.1 Å². The van der Waals surface area contributed by atoms with E-state index in [1.807, 2.05) is 20.8 Å². The fourth-order valence-electron chi connectivity index (χ4n) is 1.96. The number of aromatic carboxylic acids is 1. The molecule has 2 aromatic rings. The molecule has 106 valence electrons. The number of halogens is 1. The monoisotopic (exact) mass is 277 g/mol. The van der Waals surface area contributed by atoms with Crippen LogP contribution in [0.5, 0.6) is 0 Å². The van der Waals surface area contributed by atoms with E-state index in [1.165, 1.54) is 6.07 Å². The van der Waals surface area contributed by atoms with Crippen LogP contribution >= 0.6 is 0 Å². The summed E-state index contributed by atoms with van der Waals surface area (Å²) in [6.07, 6.45) is 0.471. The smallest absolute Gasteiger partial charge is 0.373 e. The molecule has 0 radical (unpaired) electrons. The average molecular weight is 277 g/mol. The van der Waals surface area contributed by atoms with Crippen molar-refractivity contribution in [2.24, 2.45) is 5.92 Å². The molecule has 0 atom stereocenters. The molecular formula is C15H16FNO3. The minimum absolute atomic E-state index is 0.0132. The summed E-state index contributed by atoms with van der Waals surface area (Å²) in [6, 6.07) is 4.54. The molecular weight excluding hydrogens is 261 g/mol. The maximum Gasteiger partial charge on any atom is 0.373 e. The first-order valence-electron chi connectivity index (χ1n) is 6.38. The molecule has 1 aromatic carbocycles. The van der Waals surface area contributed by atoms with Gasteiger partial charge in [-0.05, 0) is 31.4 Å². The van der Waals surface area contributed by atoms with Crippen molar-refractivity contribution in [1.82, 2.24) is 4.98 Å². The fourth-order valence-corrected chi connectivity index (χ4v) is 1.96. The van der Waals surface area contributed by atoms with Gasteiger partial charge in [0.15, 0.2) is 0 Å². The van der Waals surface area contributed by atoms with Gasteiger partial charge in [-0.3, -0.25) is 0 Å². The lowest BCUT2D eigenvalue weighted by Crippen LogP contribution is -2.03. The van der Waals surface area contributed by atoms with Gasteiger partial charge < -0.3 is 9.52 Å². The predicted molar refractivity (Wildman–Crippen MR) is 72.1 cm³/mol. The summed E-state index contributed by atoms with van der Waals surface area (Å²) in [7, 11) is 0. The number of oxazole rings is 1. The van der Waals surface area contributed by atoms with Crippen LogP contribution in [0.3, 0.4) is 0 Å². The van der Waals surface area contributed by atoms with Crippen molar-refractivity contribution in [3.63, 3.8) is 0 Å². The Morgan fingerprint density at radius 2 is 2.15 bits per heavy atom. The molecule has 1 N–H and O–H groups in total. The highest BCUT2D eigenvalue weighted by Crippen LogP contribution is 2.26. The Hall–Kier alpha value is -2.17. The summed E-state index contributed by atoms with van der Waals surface area (Å²) in [5.41, 5.74) is 1.38. The van der Waals surface area contributed by atoms with Gasteiger partial charge in [0.1, 0.15) is 5.82 Å². The standard InChI is InChI=1S/C15H16FNO3/c1-8(2)6-12-13(15(18)19)20-14(17-12)10-7-9(3)4-5-11(10)16/h4-5,7-8H,6H2,1-3H3,(H,18,19). The normalized spacial score (nSPS) is 11.1. The molecule has 0 amide bonds. The van der Waals surface area contributed by atoms with Crippen molar-refractivity contribution < 1.29 is 18.7 Å². The molecule has 0 aliphatic heterocycles. The highest BCUT2D eigenvalue weighted by molar-refractivity contribution is 5.86. The molecule has 0 saturated carbocycles. The van der Waals surface area contributed by atoms with Gasteiger partial charge in [0, 0.05) is 0 Å². The van der Waals surface area contributed by atoms with Crippen LogP contribution in [0, 0.1) is 18.7 Å². The van der Waals surface area contributed by atoms with Crippen molar-refractivity contribution in [3.8, 4) is 11.5 Å². The maximum atomic E-state index is 13.8. The lowest BCUT2D eigenvalue weighted by molar-refractivity contribution is 0.0661. The summed E-state index contributed by atoms with van der Waals surface area (Å²) in [5.74, 6) is -1.64. The number of rotatable bonds is 4. The number of carboxylic acids is 1. The number of nitrogens with zero attached hydrogens (tertiary/aromatic N) is 1. The summed E-state index contributed by atoms with van der Waals surface area (Å²) in [5, 5.41) is 9.14. The summed E-state index contributed by atoms with van der Waals surface area (Å²) >= 11 is 0. The van der Waals surface area contributed by atoms with Crippen LogP contribution in [0.1, 0.15) is 35.7 Å². The van der Waals surface area contributed by atoms with Gasteiger partial charge in [-0.25, -0.2) is 14.2 Å². The molecule has 5 heteroatoms. The van der Waals surface area contributed by atoms with Gasteiger partial charge >= 0.3 is 5.97 Å². The van der Waals surface area contributed by atoms with E-state index in [1.54, 1.807) is 12.1 Å². The van der Waals surface area contributed by atoms with E-state index in [0.717, 1.165) is 5.56 Å². The SMILES string of the molecule is Cc1ccc(F)c(-c2nc(CC(C)C)c(C(=O)O)o2)c1. The lowest BCUT2D eigenvalue weighted by Gasteiger charge is -2.00. The number of benzene rings is 1. The molecule has 2 rings (SSSR count). The number of hydrogen-bond donors (Lipinski definition) is 1. The first-order valence-corrected chi connectivity index (χ1v) is 6.38. The molecule has 1 aromatic heterocycles. The van der Waals surface area contributed by atoms with Crippen LogP contribution in [0.2, 0.25) is 0 Å². The molecule has 0 saturated heterocycles. The number of aromatic nitrogens is 1. The topological polar surface area (TPSA) is 63.3 Å². The quantitative estimate of drug-likeness (QED) is 0.925. The second-order valence-electron chi connectivity index (χ2n) is 5.18. The van der Waals surface area contributed by atoms with Gasteiger partial charge in [0.05, 0.1) is 11.3 Å². The minimum Gasteiger partial charge on any atom is -0.475 e. The summed E-state index contributed by atoms with van der Waals surface area (Å²) in [6.45, 7) is 5.72. The molecule has 0 fully saturated rings. The van der Waals surface area contributed by atoms with Crippen LogP contribution < -0.4 is 0 Å². The third-order valence-electron chi connectivity index (χ3n) is 2.85. The van der Waals surface area contributed by atoms with E-state index in [4.69, 9.17) is 9.52 Å². The van der Waals surface area contributed by atoms with Crippen LogP contribution in [-0.2, 0) is 6.42 Å². The number of aryl methyl sites for hydroxylation is 1. The second-order valence-corrected chi connectivity index (χ2v) is 5.18. The zero-order valence-electron chi connectivity index (χ0n) is 11.6. The van der Waals surface area contributed by atoms with Gasteiger partial charge in [-0.1, -0.05) is 25.5 Å². The zero-order valence-corrected chi connectivity index (χ0v) is 11.6. The van der Waals surface area contributed by atoms with Gasteiger partial charge in [-0.15, -0.1) is 0 Å². The molecule has 0 aliphatic rings. The van der Waals surface area contributed by atoms with Crippen LogP contribution in [0.25, 0.3) is 11.5 Å². The Bertz CT molecular complexity index is 647. The van der Waals surface area contributed by atoms with Crippen LogP contribution in [0.4, 0.5) is 4.39 Å². The number of carboxylic acid groups (broad SMARTS) is 1. The highest BCUT2D eigenvalue weighted by atomic mass is 19.1. The van der Waals surface area contributed by atoms with E-state index in [0.29, 0.717) is 12.1 Å². The first kappa shape index (κ1) is 14.2. The molecule has 20 heavy (non-hydrogen) atoms. The van der Waals surface area contributed by atoms with Crippen molar-refractivity contribution in [2.75, 3.05) is 0 Å². The van der Waals surface area contributed by atoms with E-state index < -0.39 is 11.8 Å². The average Bonchev–Trinajstić information content (AvgIpc) is 2.75. The van der Waals surface area contributed by atoms with E-state index >= 15 is 0 Å². The Kier molecular flexibility index (Phi) is 3.88. The molecule has 1 heterocycles. The zero-order chi connectivity index (χ0) is 14.9. The molecule has 0 bridgehead atoms. The number of carbonyl (C=O) groups is 1. The van der Waals surface area contributed by atoms with Gasteiger partial charge in [0.2, 0.25) is 11.7 Å². The second kappa shape index (κ2) is 5.45. The van der Waals surface area contributed by atoms with Gasteiger partial charge in [-0.2, -0.15) is 0 Å². The summed E-state index contributed by atoms with van der Waals surface area (Å²) < 4.78 is 19.1. The Morgan fingerprint density at radius 1 is 1.45 bits per heavy atom. The Balaban J connectivity index is 2.52. The minimum atomic E-state index is -1.19. The fraction of sp³-hybridized carbons (Fsp3) is 0.333. The van der Waals surface area contributed by atoms with Crippen LogP contribution in [0.15, 0.2) is 22.6 Å². The largest absolute Gasteiger partial charge is 0.475 e. The third-order valence-corrected chi connectivity index (χ3v) is 2.85. The van der Waals surface area contributed by atoms with Crippen molar-refractivity contribution in [1.29, 1.82) is 0 Å². The van der Waals surface area contributed by atoms with Crippen molar-refractivity contribution >= 4 is 5.97 Å². The van der Waals surface area contributed by atoms with E-state index in [9.17, 15) is 9.18 Å². The highest BCUT2D eigenvalue weighted by Gasteiger charge is 2.22. The third kappa shape index (κ3) is 2.87. The van der Waals surface area contributed by atoms with Crippen molar-refractivity contribution in [2.45, 2.75) is 27.2 Å². The Labute approximate surface area is 116 Å². The predicted octanol–water partition coefficient (Wildman–Crippen LogP) is 3.69. The molecule has 0 unspecified atom stereocenters. The van der Waals surface area contributed by atoms with E-state index in [2.05, 4.69) is 4.98 Å². The Morgan fingerprint density at radius 3 is 2.75 bits per heavy atom. The molecule has 0 spiro atoms. The first-order chi connectivity index (χ1) is 9.38. The molecule has 0 aliphatic carbocycles. The maximum absolute atomic E-state index is 13.8. The van der Waals surface area contributed by atoms with Gasteiger partial charge in [0.25, 0.3) is 0 Å². The summed E-state index contributed by atoms with van der Waals surface area (Å²) in [4.78, 5) is 15.3. The number of hydrogen-bond acceptors (Lipinski definition) is 3. The van der Waals surface area contributed by atoms with E-state index in [-0.39, 0.29) is 23.1 Å². The lowest BCUT2D eigenvalue weighted by atomic mass is 10.1. The molecule has 4 nitrogen and oxygen atoms in total.